The van der Waals surface area contributed by atoms with Crippen LogP contribution in [0, 0.1) is 0 Å². The van der Waals surface area contributed by atoms with Crippen LogP contribution < -0.4 is 5.32 Å². The fourth-order valence-corrected chi connectivity index (χ4v) is 4.84. The number of ether oxygens (including phenoxy) is 1. The minimum absolute atomic E-state index is 0.0566. The molecule has 1 fully saturated rings. The van der Waals surface area contributed by atoms with Crippen molar-refractivity contribution in [3.63, 3.8) is 0 Å². The molecule has 0 heterocycles. The van der Waals surface area contributed by atoms with Crippen molar-refractivity contribution in [3.05, 3.63) is 59.7 Å². The Balaban J connectivity index is 1.44. The number of carbonyl (C=O) groups is 3. The summed E-state index contributed by atoms with van der Waals surface area (Å²) in [4.78, 5) is 38.6. The molecule has 7 nitrogen and oxygen atoms in total. The molecule has 0 aromatic heterocycles. The van der Waals surface area contributed by atoms with Crippen LogP contribution in [0.3, 0.4) is 0 Å². The zero-order valence-electron chi connectivity index (χ0n) is 19.0. The quantitative estimate of drug-likeness (QED) is 0.630. The van der Waals surface area contributed by atoms with Crippen molar-refractivity contribution in [1.82, 2.24) is 10.2 Å². The lowest BCUT2D eigenvalue weighted by atomic mass is 9.75. The van der Waals surface area contributed by atoms with Gasteiger partial charge >= 0.3 is 12.1 Å². The van der Waals surface area contributed by atoms with Gasteiger partial charge in [0.15, 0.2) is 0 Å². The van der Waals surface area contributed by atoms with E-state index in [-0.39, 0.29) is 37.4 Å². The predicted octanol–water partition coefficient (Wildman–Crippen LogP) is 4.16. The van der Waals surface area contributed by atoms with E-state index in [9.17, 15) is 14.4 Å². The molecule has 2 N–H and O–H groups in total. The number of nitrogens with one attached hydrogen (secondary N) is 1. The molecule has 0 unspecified atom stereocenters. The predicted molar refractivity (Wildman–Crippen MR) is 124 cm³/mol. The first-order valence-electron chi connectivity index (χ1n) is 11.5. The van der Waals surface area contributed by atoms with Crippen molar-refractivity contribution in [2.75, 3.05) is 13.2 Å². The summed E-state index contributed by atoms with van der Waals surface area (Å²) in [7, 11) is 0. The van der Waals surface area contributed by atoms with Crippen LogP contribution in [0.15, 0.2) is 48.5 Å². The summed E-state index contributed by atoms with van der Waals surface area (Å²) in [6, 6.07) is 16.1. The summed E-state index contributed by atoms with van der Waals surface area (Å²) in [6.45, 7) is 3.98. The third kappa shape index (κ3) is 4.45. The van der Waals surface area contributed by atoms with Gasteiger partial charge in [0.05, 0.1) is 6.42 Å². The molecule has 2 aromatic rings. The normalized spacial score (nSPS) is 15.8. The van der Waals surface area contributed by atoms with Crippen LogP contribution in [0.5, 0.6) is 0 Å². The smallest absolute Gasteiger partial charge is 0.408 e. The minimum Gasteiger partial charge on any atom is -0.481 e. The molecule has 2 aromatic carbocycles. The zero-order chi connectivity index (χ0) is 23.6. The van der Waals surface area contributed by atoms with E-state index >= 15 is 0 Å². The van der Waals surface area contributed by atoms with Gasteiger partial charge in [-0.05, 0) is 55.4 Å². The molecule has 2 aliphatic rings. The van der Waals surface area contributed by atoms with Gasteiger partial charge in [-0.15, -0.1) is 0 Å². The Morgan fingerprint density at radius 3 is 2.12 bits per heavy atom. The third-order valence-electron chi connectivity index (χ3n) is 6.75. The molecule has 0 saturated heterocycles. The first kappa shape index (κ1) is 22.8. The minimum atomic E-state index is -1.02. The van der Waals surface area contributed by atoms with E-state index in [0.717, 1.165) is 28.7 Å². The summed E-state index contributed by atoms with van der Waals surface area (Å²) in [5.41, 5.74) is 3.53. The lowest BCUT2D eigenvalue weighted by molar-refractivity contribution is -0.145. The van der Waals surface area contributed by atoms with Crippen molar-refractivity contribution < 1.29 is 24.2 Å². The fraction of sp³-hybridized carbons (Fsp3) is 0.423. The number of rotatable bonds is 8. The van der Waals surface area contributed by atoms with Gasteiger partial charge in [-0.1, -0.05) is 48.5 Å². The van der Waals surface area contributed by atoms with E-state index in [0.29, 0.717) is 12.8 Å². The fourth-order valence-electron chi connectivity index (χ4n) is 4.84. The first-order chi connectivity index (χ1) is 15.8. The molecule has 0 atom stereocenters. The topological polar surface area (TPSA) is 95.9 Å². The Morgan fingerprint density at radius 2 is 1.64 bits per heavy atom. The van der Waals surface area contributed by atoms with E-state index in [2.05, 4.69) is 29.6 Å². The van der Waals surface area contributed by atoms with Gasteiger partial charge in [-0.25, -0.2) is 4.79 Å². The van der Waals surface area contributed by atoms with Crippen LogP contribution >= 0.6 is 0 Å². The zero-order valence-corrected chi connectivity index (χ0v) is 19.0. The van der Waals surface area contributed by atoms with E-state index in [4.69, 9.17) is 9.84 Å². The van der Waals surface area contributed by atoms with Gasteiger partial charge in [-0.2, -0.15) is 0 Å². The van der Waals surface area contributed by atoms with Gasteiger partial charge in [0, 0.05) is 18.5 Å². The average Bonchev–Trinajstić information content (AvgIpc) is 3.08. The molecule has 0 aliphatic heterocycles. The van der Waals surface area contributed by atoms with Crippen LogP contribution in [0.2, 0.25) is 0 Å². The Hall–Kier alpha value is -3.35. The number of hydrogen-bond acceptors (Lipinski definition) is 4. The largest absolute Gasteiger partial charge is 0.481 e. The van der Waals surface area contributed by atoms with Crippen molar-refractivity contribution in [1.29, 1.82) is 0 Å². The van der Waals surface area contributed by atoms with Gasteiger partial charge in [0.1, 0.15) is 12.1 Å². The van der Waals surface area contributed by atoms with Crippen molar-refractivity contribution in [2.45, 2.75) is 57.0 Å². The van der Waals surface area contributed by atoms with E-state index < -0.39 is 17.6 Å². The second-order valence-corrected chi connectivity index (χ2v) is 9.12. The number of aliphatic carboxylic acids is 1. The highest BCUT2D eigenvalue weighted by Crippen LogP contribution is 2.44. The Bertz CT molecular complexity index is 1010. The Morgan fingerprint density at radius 1 is 1.06 bits per heavy atom. The molecular weight excluding hydrogens is 420 g/mol. The van der Waals surface area contributed by atoms with E-state index in [1.165, 1.54) is 4.90 Å². The summed E-state index contributed by atoms with van der Waals surface area (Å²) in [5.74, 6) is -1.25. The molecular formula is C26H30N2O5. The molecule has 1 saturated carbocycles. The lowest BCUT2D eigenvalue weighted by Crippen LogP contribution is -2.64. The SMILES string of the molecule is CC(C)N(CCC(=O)O)C(=O)C1(NC(=O)OCC2c3ccccc3-c3ccccc32)CCC1. The van der Waals surface area contributed by atoms with Crippen LogP contribution in [0.25, 0.3) is 11.1 Å². The Kier molecular flexibility index (Phi) is 6.40. The molecule has 7 heteroatoms. The molecule has 0 bridgehead atoms. The molecule has 4 rings (SSSR count). The summed E-state index contributed by atoms with van der Waals surface area (Å²) < 4.78 is 5.64. The van der Waals surface area contributed by atoms with Gasteiger partial charge in [-0.3, -0.25) is 9.59 Å². The number of carboxylic acids is 1. The first-order valence-corrected chi connectivity index (χ1v) is 11.5. The number of nitrogens with zero attached hydrogens (tertiary/aromatic N) is 1. The molecule has 0 spiro atoms. The van der Waals surface area contributed by atoms with Crippen LogP contribution in [0.4, 0.5) is 4.79 Å². The molecule has 2 aliphatic carbocycles. The number of alkyl carbamates (subject to hydrolysis) is 1. The number of fused-ring (bicyclic) bond motifs is 3. The summed E-state index contributed by atoms with van der Waals surface area (Å²) >= 11 is 0. The lowest BCUT2D eigenvalue weighted by Gasteiger charge is -2.44. The van der Waals surface area contributed by atoms with E-state index in [1.807, 2.05) is 38.1 Å². The van der Waals surface area contributed by atoms with Crippen LogP contribution in [-0.4, -0.2) is 52.7 Å². The second-order valence-electron chi connectivity index (χ2n) is 9.12. The van der Waals surface area contributed by atoms with Gasteiger partial charge < -0.3 is 20.1 Å². The number of carbonyl (C=O) groups excluding carboxylic acids is 2. The molecule has 174 valence electrons. The summed E-state index contributed by atoms with van der Waals surface area (Å²) in [5, 5.41) is 11.9. The maximum absolute atomic E-state index is 13.3. The maximum Gasteiger partial charge on any atom is 0.408 e. The molecule has 0 radical (unpaired) electrons. The van der Waals surface area contributed by atoms with E-state index in [1.54, 1.807) is 0 Å². The number of amides is 2. The van der Waals surface area contributed by atoms with Gasteiger partial charge in [0.25, 0.3) is 0 Å². The van der Waals surface area contributed by atoms with Gasteiger partial charge in [0.2, 0.25) is 5.91 Å². The average molecular weight is 451 g/mol. The third-order valence-corrected chi connectivity index (χ3v) is 6.75. The highest BCUT2D eigenvalue weighted by Gasteiger charge is 2.48. The van der Waals surface area contributed by atoms with Crippen molar-refractivity contribution >= 4 is 18.0 Å². The number of carboxylic acid groups (broad SMARTS) is 1. The van der Waals surface area contributed by atoms with Crippen LogP contribution in [-0.2, 0) is 14.3 Å². The standard InChI is InChI=1S/C26H30N2O5/c1-17(2)28(15-12-23(29)30)24(31)26(13-7-14-26)27-25(32)33-16-22-20-10-5-3-8-18(20)19-9-4-6-11-21(19)22/h3-6,8-11,17,22H,7,12-16H2,1-2H3,(H,27,32)(H,29,30). The molecule has 33 heavy (non-hydrogen) atoms. The van der Waals surface area contributed by atoms with Crippen molar-refractivity contribution in [3.8, 4) is 11.1 Å². The monoisotopic (exact) mass is 450 g/mol. The van der Waals surface area contributed by atoms with Crippen LogP contribution in [0.1, 0.15) is 56.6 Å². The highest BCUT2D eigenvalue weighted by atomic mass is 16.5. The molecule has 2 amide bonds. The maximum atomic E-state index is 13.3. The number of hydrogen-bond donors (Lipinski definition) is 2. The second kappa shape index (κ2) is 9.25. The summed E-state index contributed by atoms with van der Waals surface area (Å²) in [6.07, 6.45) is 1.11. The highest BCUT2D eigenvalue weighted by molar-refractivity contribution is 5.91. The number of benzene rings is 2. The Labute approximate surface area is 193 Å². The van der Waals surface area contributed by atoms with Crippen molar-refractivity contribution in [2.24, 2.45) is 0 Å².